The van der Waals surface area contributed by atoms with Gasteiger partial charge in [-0.05, 0) is 41.8 Å². The van der Waals surface area contributed by atoms with E-state index in [4.69, 9.17) is 16.3 Å². The lowest BCUT2D eigenvalue weighted by atomic mass is 10.0. The van der Waals surface area contributed by atoms with E-state index in [2.05, 4.69) is 4.98 Å². The maximum atomic E-state index is 11.5. The number of fused-ring (bicyclic) bond motifs is 1. The molecule has 2 N–H and O–H groups in total. The number of carboxylic acids is 1. The molecule has 0 saturated carbocycles. The molecule has 146 valence electrons. The van der Waals surface area contributed by atoms with E-state index in [1.54, 1.807) is 0 Å². The van der Waals surface area contributed by atoms with Crippen LogP contribution in [-0.4, -0.2) is 16.1 Å². The van der Waals surface area contributed by atoms with Gasteiger partial charge in [-0.3, -0.25) is 4.79 Å². The van der Waals surface area contributed by atoms with Crippen molar-refractivity contribution in [3.05, 3.63) is 88.4 Å². The molecule has 1 heterocycles. The molecule has 0 fully saturated rings. The highest BCUT2D eigenvalue weighted by molar-refractivity contribution is 6.36. The van der Waals surface area contributed by atoms with Crippen LogP contribution >= 0.6 is 11.6 Å². The Morgan fingerprint density at radius 1 is 1.07 bits per heavy atom. The molecule has 1 aromatic heterocycles. The molecule has 29 heavy (non-hydrogen) atoms. The molecule has 0 radical (unpaired) electrons. The number of carboxylic acid groups (broad SMARTS) is 1. The Morgan fingerprint density at radius 3 is 2.62 bits per heavy atom. The molecule has 0 aliphatic heterocycles. The zero-order chi connectivity index (χ0) is 20.4. The van der Waals surface area contributed by atoms with Crippen LogP contribution in [0.2, 0.25) is 5.02 Å². The van der Waals surface area contributed by atoms with E-state index in [0.717, 1.165) is 33.3 Å². The Labute approximate surface area is 173 Å². The molecule has 0 unspecified atom stereocenters. The predicted molar refractivity (Wildman–Crippen MR) is 116 cm³/mol. The first kappa shape index (κ1) is 19.1. The van der Waals surface area contributed by atoms with Gasteiger partial charge in [0.25, 0.3) is 0 Å². The number of carbonyl (C=O) groups is 1. The molecule has 0 aliphatic rings. The third-order valence-electron chi connectivity index (χ3n) is 4.92. The monoisotopic (exact) mass is 405 g/mol. The maximum Gasteiger partial charge on any atom is 0.307 e. The SMILES string of the molecule is Cc1ccc(Cl)c2c(CC(=O)O)c(-c3cccc(OCc4ccccc4)c3)[nH]c12. The van der Waals surface area contributed by atoms with Crippen molar-refractivity contribution in [2.24, 2.45) is 0 Å². The summed E-state index contributed by atoms with van der Waals surface area (Å²) in [5.41, 5.74) is 5.25. The molecular formula is C24H20ClNO3. The number of hydrogen-bond acceptors (Lipinski definition) is 2. The van der Waals surface area contributed by atoms with Crippen molar-refractivity contribution in [2.75, 3.05) is 0 Å². The number of aliphatic carboxylic acids is 1. The van der Waals surface area contributed by atoms with Crippen LogP contribution in [0.5, 0.6) is 5.75 Å². The number of hydrogen-bond donors (Lipinski definition) is 2. The second-order valence-electron chi connectivity index (χ2n) is 6.97. The smallest absolute Gasteiger partial charge is 0.307 e. The van der Waals surface area contributed by atoms with Gasteiger partial charge in [0.15, 0.2) is 0 Å². The van der Waals surface area contributed by atoms with E-state index in [-0.39, 0.29) is 6.42 Å². The minimum atomic E-state index is -0.902. The number of aromatic nitrogens is 1. The number of ether oxygens (including phenoxy) is 1. The van der Waals surface area contributed by atoms with Crippen LogP contribution < -0.4 is 4.74 Å². The lowest BCUT2D eigenvalue weighted by Gasteiger charge is -2.09. The summed E-state index contributed by atoms with van der Waals surface area (Å²) in [5.74, 6) is -0.185. The Balaban J connectivity index is 1.75. The molecule has 0 atom stereocenters. The topological polar surface area (TPSA) is 62.3 Å². The van der Waals surface area contributed by atoms with Gasteiger partial charge in [0.2, 0.25) is 0 Å². The summed E-state index contributed by atoms with van der Waals surface area (Å²) in [7, 11) is 0. The molecule has 3 aromatic carbocycles. The maximum absolute atomic E-state index is 11.5. The van der Waals surface area contributed by atoms with Crippen LogP contribution in [0.25, 0.3) is 22.2 Å². The van der Waals surface area contributed by atoms with E-state index in [1.807, 2.05) is 73.7 Å². The first-order chi connectivity index (χ1) is 14.0. The van der Waals surface area contributed by atoms with Crippen LogP contribution in [0.4, 0.5) is 0 Å². The summed E-state index contributed by atoms with van der Waals surface area (Å²) in [6.45, 7) is 2.44. The molecule has 5 heteroatoms. The van der Waals surface area contributed by atoms with Gasteiger partial charge in [-0.1, -0.05) is 60.1 Å². The quantitative estimate of drug-likeness (QED) is 0.413. The standard InChI is InChI=1S/C24H20ClNO3/c1-15-10-11-20(25)22-19(13-21(27)28)24(26-23(15)22)17-8-5-9-18(12-17)29-14-16-6-3-2-4-7-16/h2-12,26H,13-14H2,1H3,(H,27,28). The van der Waals surface area contributed by atoms with Crippen LogP contribution in [0.1, 0.15) is 16.7 Å². The first-order valence-electron chi connectivity index (χ1n) is 9.31. The third-order valence-corrected chi connectivity index (χ3v) is 5.23. The number of halogens is 1. The molecule has 0 saturated heterocycles. The largest absolute Gasteiger partial charge is 0.489 e. The number of aryl methyl sites for hydroxylation is 1. The van der Waals surface area contributed by atoms with E-state index < -0.39 is 5.97 Å². The summed E-state index contributed by atoms with van der Waals surface area (Å²) in [6.07, 6.45) is -0.117. The molecule has 4 rings (SSSR count). The van der Waals surface area contributed by atoms with Gasteiger partial charge in [-0.25, -0.2) is 0 Å². The fourth-order valence-corrected chi connectivity index (χ4v) is 3.79. The summed E-state index contributed by atoms with van der Waals surface area (Å²) in [4.78, 5) is 14.9. The summed E-state index contributed by atoms with van der Waals surface area (Å²) in [5, 5.41) is 10.8. The molecule has 0 bridgehead atoms. The van der Waals surface area contributed by atoms with Crippen LogP contribution in [0.3, 0.4) is 0 Å². The highest BCUT2D eigenvalue weighted by Crippen LogP contribution is 2.37. The molecule has 4 nitrogen and oxygen atoms in total. The molecule has 0 amide bonds. The Morgan fingerprint density at radius 2 is 1.86 bits per heavy atom. The third kappa shape index (κ3) is 3.98. The van der Waals surface area contributed by atoms with Crippen LogP contribution in [0, 0.1) is 6.92 Å². The Kier molecular flexibility index (Phi) is 5.28. The van der Waals surface area contributed by atoms with Crippen molar-refractivity contribution >= 4 is 28.5 Å². The normalized spacial score (nSPS) is 11.0. The second-order valence-corrected chi connectivity index (χ2v) is 7.37. The summed E-state index contributed by atoms with van der Waals surface area (Å²) >= 11 is 6.43. The zero-order valence-electron chi connectivity index (χ0n) is 15.9. The van der Waals surface area contributed by atoms with Gasteiger partial charge in [0, 0.05) is 10.9 Å². The van der Waals surface area contributed by atoms with Crippen molar-refractivity contribution < 1.29 is 14.6 Å². The minimum absolute atomic E-state index is 0.117. The van der Waals surface area contributed by atoms with Crippen LogP contribution in [0.15, 0.2) is 66.7 Å². The van der Waals surface area contributed by atoms with Crippen molar-refractivity contribution in [3.8, 4) is 17.0 Å². The van der Waals surface area contributed by atoms with Crippen molar-refractivity contribution in [1.82, 2.24) is 4.98 Å². The van der Waals surface area contributed by atoms with Crippen molar-refractivity contribution in [2.45, 2.75) is 20.0 Å². The minimum Gasteiger partial charge on any atom is -0.489 e. The first-order valence-corrected chi connectivity index (χ1v) is 9.69. The fraction of sp³-hybridized carbons (Fsp3) is 0.125. The average molecular weight is 406 g/mol. The number of benzene rings is 3. The van der Waals surface area contributed by atoms with E-state index in [0.29, 0.717) is 22.9 Å². The van der Waals surface area contributed by atoms with Crippen molar-refractivity contribution in [3.63, 3.8) is 0 Å². The van der Waals surface area contributed by atoms with Gasteiger partial charge < -0.3 is 14.8 Å². The zero-order valence-corrected chi connectivity index (χ0v) is 16.7. The number of H-pyrrole nitrogens is 1. The Hall–Kier alpha value is -3.24. The van der Waals surface area contributed by atoms with E-state index in [9.17, 15) is 9.90 Å². The molecule has 4 aromatic rings. The lowest BCUT2D eigenvalue weighted by Crippen LogP contribution is -2.01. The fourth-order valence-electron chi connectivity index (χ4n) is 3.52. The second kappa shape index (κ2) is 8.02. The van der Waals surface area contributed by atoms with E-state index in [1.165, 1.54) is 0 Å². The van der Waals surface area contributed by atoms with Gasteiger partial charge in [-0.2, -0.15) is 0 Å². The van der Waals surface area contributed by atoms with Crippen LogP contribution in [-0.2, 0) is 17.8 Å². The number of aromatic amines is 1. The average Bonchev–Trinajstić information content (AvgIpc) is 3.10. The lowest BCUT2D eigenvalue weighted by molar-refractivity contribution is -0.136. The number of rotatable bonds is 6. The summed E-state index contributed by atoms with van der Waals surface area (Å²) in [6, 6.07) is 21.3. The Bertz CT molecular complexity index is 1180. The van der Waals surface area contributed by atoms with Gasteiger partial charge in [0.1, 0.15) is 12.4 Å². The summed E-state index contributed by atoms with van der Waals surface area (Å²) < 4.78 is 5.94. The number of nitrogens with one attached hydrogen (secondary N) is 1. The molecular weight excluding hydrogens is 386 g/mol. The van der Waals surface area contributed by atoms with Gasteiger partial charge in [-0.15, -0.1) is 0 Å². The van der Waals surface area contributed by atoms with Crippen molar-refractivity contribution in [1.29, 1.82) is 0 Å². The van der Waals surface area contributed by atoms with Gasteiger partial charge in [0.05, 0.1) is 22.7 Å². The van der Waals surface area contributed by atoms with Gasteiger partial charge >= 0.3 is 5.97 Å². The highest BCUT2D eigenvalue weighted by atomic mass is 35.5. The predicted octanol–water partition coefficient (Wildman–Crippen LogP) is 6.00. The highest BCUT2D eigenvalue weighted by Gasteiger charge is 2.19. The molecule has 0 spiro atoms. The molecule has 0 aliphatic carbocycles. The van der Waals surface area contributed by atoms with E-state index >= 15 is 0 Å².